The topological polar surface area (TPSA) is 78.0 Å². The lowest BCUT2D eigenvalue weighted by molar-refractivity contribution is -0.385. The summed E-state index contributed by atoms with van der Waals surface area (Å²) in [4.78, 5) is 30.5. The van der Waals surface area contributed by atoms with Gasteiger partial charge in [-0.2, -0.15) is 0 Å². The SMILES string of the molecule is Cn1c(SCc2ccccc2[N+](=O)[O-])nc2sc3c(c2c1=O)CCCC3. The van der Waals surface area contributed by atoms with Crippen molar-refractivity contribution in [3.05, 3.63) is 60.7 Å². The van der Waals surface area contributed by atoms with Gasteiger partial charge in [-0.05, 0) is 31.2 Å². The predicted molar refractivity (Wildman–Crippen MR) is 104 cm³/mol. The summed E-state index contributed by atoms with van der Waals surface area (Å²) in [5.41, 5.74) is 1.89. The third kappa shape index (κ3) is 2.93. The Hall–Kier alpha value is -2.19. The van der Waals surface area contributed by atoms with Crippen molar-refractivity contribution in [3.8, 4) is 0 Å². The van der Waals surface area contributed by atoms with E-state index in [4.69, 9.17) is 4.98 Å². The van der Waals surface area contributed by atoms with E-state index in [1.807, 2.05) is 0 Å². The molecule has 1 aromatic carbocycles. The molecular weight excluding hydrogens is 370 g/mol. The zero-order valence-electron chi connectivity index (χ0n) is 14.2. The van der Waals surface area contributed by atoms with E-state index < -0.39 is 0 Å². The quantitative estimate of drug-likeness (QED) is 0.292. The summed E-state index contributed by atoms with van der Waals surface area (Å²) >= 11 is 2.98. The highest BCUT2D eigenvalue weighted by atomic mass is 32.2. The molecule has 8 heteroatoms. The molecule has 2 heterocycles. The Morgan fingerprint density at radius 2 is 2.08 bits per heavy atom. The molecule has 2 aromatic heterocycles. The minimum absolute atomic E-state index is 0.0144. The first kappa shape index (κ1) is 17.2. The van der Waals surface area contributed by atoms with Crippen molar-refractivity contribution < 1.29 is 4.92 Å². The highest BCUT2D eigenvalue weighted by molar-refractivity contribution is 7.98. The lowest BCUT2D eigenvalue weighted by Gasteiger charge is -2.11. The molecule has 134 valence electrons. The van der Waals surface area contributed by atoms with Crippen LogP contribution in [0.25, 0.3) is 10.2 Å². The van der Waals surface area contributed by atoms with Crippen LogP contribution in [0.15, 0.2) is 34.2 Å². The normalized spacial score (nSPS) is 13.7. The van der Waals surface area contributed by atoms with Crippen molar-refractivity contribution in [2.24, 2.45) is 7.05 Å². The van der Waals surface area contributed by atoms with Crippen molar-refractivity contribution in [2.45, 2.75) is 36.6 Å². The maximum Gasteiger partial charge on any atom is 0.273 e. The first-order chi connectivity index (χ1) is 12.6. The van der Waals surface area contributed by atoms with Gasteiger partial charge in [0.15, 0.2) is 5.16 Å². The zero-order chi connectivity index (χ0) is 18.3. The van der Waals surface area contributed by atoms with Crippen molar-refractivity contribution in [1.82, 2.24) is 9.55 Å². The second-order valence-corrected chi connectivity index (χ2v) is 8.35. The smallest absolute Gasteiger partial charge is 0.273 e. The molecule has 0 unspecified atom stereocenters. The Morgan fingerprint density at radius 3 is 2.88 bits per heavy atom. The Bertz CT molecular complexity index is 1070. The lowest BCUT2D eigenvalue weighted by atomic mass is 9.97. The van der Waals surface area contributed by atoms with Gasteiger partial charge >= 0.3 is 0 Å². The van der Waals surface area contributed by atoms with E-state index in [9.17, 15) is 14.9 Å². The van der Waals surface area contributed by atoms with Crippen LogP contribution in [-0.4, -0.2) is 14.5 Å². The third-order valence-corrected chi connectivity index (χ3v) is 6.96. The third-order valence-electron chi connectivity index (χ3n) is 4.70. The van der Waals surface area contributed by atoms with Gasteiger partial charge in [-0.25, -0.2) is 4.98 Å². The molecule has 0 spiro atoms. The standard InChI is InChI=1S/C18H17N3O3S2/c1-20-17(22)15-12-7-3-5-9-14(12)26-16(15)19-18(20)25-10-11-6-2-4-8-13(11)21(23)24/h2,4,6,8H,3,5,7,9-10H2,1H3. The number of nitro groups is 1. The fraction of sp³-hybridized carbons (Fsp3) is 0.333. The van der Waals surface area contributed by atoms with Gasteiger partial charge in [0, 0.05) is 29.3 Å². The number of hydrogen-bond acceptors (Lipinski definition) is 6. The number of benzene rings is 1. The number of nitro benzene ring substituents is 1. The van der Waals surface area contributed by atoms with Gasteiger partial charge < -0.3 is 0 Å². The van der Waals surface area contributed by atoms with E-state index >= 15 is 0 Å². The summed E-state index contributed by atoms with van der Waals surface area (Å²) in [6.45, 7) is 0. The van der Waals surface area contributed by atoms with Gasteiger partial charge in [0.05, 0.1) is 10.3 Å². The molecule has 0 amide bonds. The minimum atomic E-state index is -0.376. The Morgan fingerprint density at radius 1 is 1.31 bits per heavy atom. The first-order valence-electron chi connectivity index (χ1n) is 8.42. The van der Waals surface area contributed by atoms with Crippen LogP contribution in [0.5, 0.6) is 0 Å². The van der Waals surface area contributed by atoms with Gasteiger partial charge in [-0.3, -0.25) is 19.5 Å². The highest BCUT2D eigenvalue weighted by Crippen LogP contribution is 2.35. The van der Waals surface area contributed by atoms with Crippen LogP contribution in [-0.2, 0) is 25.6 Å². The molecule has 0 atom stereocenters. The molecule has 0 bridgehead atoms. The fourth-order valence-electron chi connectivity index (χ4n) is 3.35. The van der Waals surface area contributed by atoms with Gasteiger partial charge in [0.25, 0.3) is 11.2 Å². The average Bonchev–Trinajstić information content (AvgIpc) is 3.02. The van der Waals surface area contributed by atoms with Crippen LogP contribution < -0.4 is 5.56 Å². The average molecular weight is 387 g/mol. The molecular formula is C18H17N3O3S2. The number of nitrogens with zero attached hydrogens (tertiary/aromatic N) is 3. The Labute approximate surface area is 158 Å². The maximum atomic E-state index is 12.9. The van der Waals surface area contributed by atoms with Crippen LogP contribution in [0.3, 0.4) is 0 Å². The Balaban J connectivity index is 1.71. The van der Waals surface area contributed by atoms with Gasteiger partial charge in [-0.1, -0.05) is 30.0 Å². The molecule has 0 radical (unpaired) electrons. The molecule has 26 heavy (non-hydrogen) atoms. The number of para-hydroxylation sites is 1. The van der Waals surface area contributed by atoms with E-state index in [1.165, 1.54) is 34.7 Å². The molecule has 1 aliphatic rings. The number of aryl methyl sites for hydroxylation is 2. The van der Waals surface area contributed by atoms with Crippen molar-refractivity contribution in [1.29, 1.82) is 0 Å². The summed E-state index contributed by atoms with van der Waals surface area (Å²) in [6.07, 6.45) is 4.27. The molecule has 4 rings (SSSR count). The molecule has 0 fully saturated rings. The molecule has 0 N–H and O–H groups in total. The van der Waals surface area contributed by atoms with Crippen LogP contribution in [0.2, 0.25) is 0 Å². The second-order valence-electron chi connectivity index (χ2n) is 6.32. The summed E-state index contributed by atoms with van der Waals surface area (Å²) < 4.78 is 1.57. The number of fused-ring (bicyclic) bond motifs is 3. The Kier molecular flexibility index (Phi) is 4.54. The maximum absolute atomic E-state index is 12.9. The van der Waals surface area contributed by atoms with Crippen LogP contribution >= 0.6 is 23.1 Å². The summed E-state index contributed by atoms with van der Waals surface area (Å²) in [5, 5.41) is 12.5. The lowest BCUT2D eigenvalue weighted by Crippen LogP contribution is -2.20. The van der Waals surface area contributed by atoms with E-state index in [0.717, 1.165) is 29.5 Å². The van der Waals surface area contributed by atoms with Gasteiger partial charge in [0.2, 0.25) is 0 Å². The monoisotopic (exact) mass is 387 g/mol. The molecule has 1 aliphatic carbocycles. The van der Waals surface area contributed by atoms with Gasteiger partial charge in [-0.15, -0.1) is 11.3 Å². The van der Waals surface area contributed by atoms with Crippen molar-refractivity contribution in [2.75, 3.05) is 0 Å². The summed E-state index contributed by atoms with van der Waals surface area (Å²) in [6, 6.07) is 6.68. The largest absolute Gasteiger partial charge is 0.290 e. The van der Waals surface area contributed by atoms with Crippen LogP contribution in [0.1, 0.15) is 28.8 Å². The summed E-state index contributed by atoms with van der Waals surface area (Å²) in [5.74, 6) is 0.397. The van der Waals surface area contributed by atoms with E-state index in [0.29, 0.717) is 16.5 Å². The molecule has 3 aromatic rings. The van der Waals surface area contributed by atoms with Crippen LogP contribution in [0.4, 0.5) is 5.69 Å². The highest BCUT2D eigenvalue weighted by Gasteiger charge is 2.21. The summed E-state index contributed by atoms with van der Waals surface area (Å²) in [7, 11) is 1.73. The number of rotatable bonds is 4. The minimum Gasteiger partial charge on any atom is -0.290 e. The molecule has 6 nitrogen and oxygen atoms in total. The van der Waals surface area contributed by atoms with Crippen LogP contribution in [0, 0.1) is 10.1 Å². The number of thiophene rings is 1. The van der Waals surface area contributed by atoms with E-state index in [2.05, 4.69) is 0 Å². The zero-order valence-corrected chi connectivity index (χ0v) is 15.9. The van der Waals surface area contributed by atoms with E-state index in [1.54, 1.807) is 41.2 Å². The number of aromatic nitrogens is 2. The van der Waals surface area contributed by atoms with Crippen molar-refractivity contribution in [3.63, 3.8) is 0 Å². The van der Waals surface area contributed by atoms with Crippen molar-refractivity contribution >= 4 is 39.0 Å². The van der Waals surface area contributed by atoms with Gasteiger partial charge in [0.1, 0.15) is 4.83 Å². The molecule has 0 aliphatic heterocycles. The number of hydrogen-bond donors (Lipinski definition) is 0. The van der Waals surface area contributed by atoms with E-state index in [-0.39, 0.29) is 16.2 Å². The molecule has 0 saturated heterocycles. The molecule has 0 saturated carbocycles. The second kappa shape index (κ2) is 6.85. The first-order valence-corrected chi connectivity index (χ1v) is 10.2. The number of thioether (sulfide) groups is 1. The fourth-order valence-corrected chi connectivity index (χ4v) is 5.62. The predicted octanol–water partition coefficient (Wildman–Crippen LogP) is 4.07.